The van der Waals surface area contributed by atoms with E-state index in [-0.39, 0.29) is 6.04 Å². The second-order valence-corrected chi connectivity index (χ2v) is 7.63. The lowest BCUT2D eigenvalue weighted by molar-refractivity contribution is 0.316. The first-order valence-corrected chi connectivity index (χ1v) is 8.66. The molecular weight excluding hydrogens is 286 g/mol. The average molecular weight is 307 g/mol. The SMILES string of the molecule is Cc1c(S(=O)(=O)N2CCC[C@@H](N)C2)c2ccccc2n1C. The first-order chi connectivity index (χ1) is 9.93. The smallest absolute Gasteiger partial charge is 0.245 e. The Hall–Kier alpha value is -1.37. The highest BCUT2D eigenvalue weighted by Gasteiger charge is 2.32. The molecule has 0 spiro atoms. The van der Waals surface area contributed by atoms with Gasteiger partial charge in [0, 0.05) is 42.8 Å². The van der Waals surface area contributed by atoms with Gasteiger partial charge in [-0.15, -0.1) is 0 Å². The lowest BCUT2D eigenvalue weighted by Crippen LogP contribution is -2.45. The number of rotatable bonds is 2. The number of hydrogen-bond acceptors (Lipinski definition) is 3. The molecule has 21 heavy (non-hydrogen) atoms. The van der Waals surface area contributed by atoms with Crippen LogP contribution in [-0.4, -0.2) is 36.4 Å². The molecule has 1 fully saturated rings. The van der Waals surface area contributed by atoms with Gasteiger partial charge in [0.1, 0.15) is 4.90 Å². The Bertz CT molecular complexity index is 780. The highest BCUT2D eigenvalue weighted by molar-refractivity contribution is 7.89. The zero-order chi connectivity index (χ0) is 15.2. The lowest BCUT2D eigenvalue weighted by atomic mass is 10.1. The van der Waals surface area contributed by atoms with Crippen LogP contribution in [0.4, 0.5) is 0 Å². The van der Waals surface area contributed by atoms with Gasteiger partial charge in [0.15, 0.2) is 0 Å². The van der Waals surface area contributed by atoms with Gasteiger partial charge >= 0.3 is 0 Å². The predicted molar refractivity (Wildman–Crippen MR) is 83.6 cm³/mol. The van der Waals surface area contributed by atoms with E-state index in [9.17, 15) is 8.42 Å². The van der Waals surface area contributed by atoms with Crippen LogP contribution in [0.2, 0.25) is 0 Å². The number of sulfonamides is 1. The van der Waals surface area contributed by atoms with Crippen LogP contribution in [0, 0.1) is 6.92 Å². The van der Waals surface area contributed by atoms with Crippen molar-refractivity contribution in [1.82, 2.24) is 8.87 Å². The van der Waals surface area contributed by atoms with Crippen molar-refractivity contribution in [3.8, 4) is 0 Å². The van der Waals surface area contributed by atoms with E-state index in [1.807, 2.05) is 42.8 Å². The molecule has 2 N–H and O–H groups in total. The third-order valence-electron chi connectivity index (χ3n) is 4.36. The molecule has 0 amide bonds. The minimum absolute atomic E-state index is 0.0659. The zero-order valence-electron chi connectivity index (χ0n) is 12.4. The summed E-state index contributed by atoms with van der Waals surface area (Å²) in [7, 11) is -1.60. The fourth-order valence-electron chi connectivity index (χ4n) is 3.13. The Balaban J connectivity index is 2.17. The first kappa shape index (κ1) is 14.6. The molecule has 0 unspecified atom stereocenters. The number of hydrogen-bond donors (Lipinski definition) is 1. The summed E-state index contributed by atoms with van der Waals surface area (Å²) in [5, 5.41) is 0.789. The average Bonchev–Trinajstić information content (AvgIpc) is 2.72. The molecule has 0 bridgehead atoms. The fourth-order valence-corrected chi connectivity index (χ4v) is 5.11. The highest BCUT2D eigenvalue weighted by atomic mass is 32.2. The number of aromatic nitrogens is 1. The molecule has 3 rings (SSSR count). The van der Waals surface area contributed by atoms with Crippen molar-refractivity contribution in [3.63, 3.8) is 0 Å². The van der Waals surface area contributed by atoms with E-state index in [1.165, 1.54) is 4.31 Å². The minimum Gasteiger partial charge on any atom is -0.347 e. The lowest BCUT2D eigenvalue weighted by Gasteiger charge is -2.30. The van der Waals surface area contributed by atoms with Crippen molar-refractivity contribution in [2.45, 2.75) is 30.7 Å². The molecule has 0 radical (unpaired) electrons. The quantitative estimate of drug-likeness (QED) is 0.916. The van der Waals surface area contributed by atoms with Crippen LogP contribution in [0.15, 0.2) is 29.2 Å². The van der Waals surface area contributed by atoms with Crippen molar-refractivity contribution in [2.75, 3.05) is 13.1 Å². The van der Waals surface area contributed by atoms with E-state index < -0.39 is 10.0 Å². The van der Waals surface area contributed by atoms with Crippen molar-refractivity contribution >= 4 is 20.9 Å². The molecule has 6 heteroatoms. The maximum Gasteiger partial charge on any atom is 0.245 e. The Morgan fingerprint density at radius 3 is 2.71 bits per heavy atom. The van der Waals surface area contributed by atoms with Gasteiger partial charge in [-0.1, -0.05) is 18.2 Å². The molecule has 114 valence electrons. The van der Waals surface area contributed by atoms with Crippen LogP contribution in [0.3, 0.4) is 0 Å². The largest absolute Gasteiger partial charge is 0.347 e. The van der Waals surface area contributed by atoms with Gasteiger partial charge in [-0.3, -0.25) is 0 Å². The van der Waals surface area contributed by atoms with Gasteiger partial charge in [-0.2, -0.15) is 4.31 Å². The van der Waals surface area contributed by atoms with Crippen molar-refractivity contribution < 1.29 is 8.42 Å². The van der Waals surface area contributed by atoms with E-state index in [0.717, 1.165) is 29.4 Å². The van der Waals surface area contributed by atoms with Crippen LogP contribution < -0.4 is 5.73 Å². The van der Waals surface area contributed by atoms with Gasteiger partial charge in [0.25, 0.3) is 0 Å². The molecule has 1 atom stereocenters. The van der Waals surface area contributed by atoms with Crippen LogP contribution in [0.25, 0.3) is 10.9 Å². The number of fused-ring (bicyclic) bond motifs is 1. The van der Waals surface area contributed by atoms with E-state index >= 15 is 0 Å². The van der Waals surface area contributed by atoms with Crippen LogP contribution in [-0.2, 0) is 17.1 Å². The summed E-state index contributed by atoms with van der Waals surface area (Å²) in [6.45, 7) is 2.82. The Morgan fingerprint density at radius 2 is 2.00 bits per heavy atom. The summed E-state index contributed by atoms with van der Waals surface area (Å²) in [6, 6.07) is 7.56. The van der Waals surface area contributed by atoms with Gasteiger partial charge in [-0.05, 0) is 25.8 Å². The molecule has 0 saturated carbocycles. The Morgan fingerprint density at radius 1 is 1.29 bits per heavy atom. The van der Waals surface area contributed by atoms with Gasteiger partial charge in [0.05, 0.1) is 0 Å². The third-order valence-corrected chi connectivity index (χ3v) is 6.40. The van der Waals surface area contributed by atoms with Crippen LogP contribution >= 0.6 is 0 Å². The minimum atomic E-state index is -3.50. The monoisotopic (exact) mass is 307 g/mol. The number of benzene rings is 1. The van der Waals surface area contributed by atoms with E-state index in [4.69, 9.17) is 5.73 Å². The molecule has 0 aliphatic carbocycles. The number of para-hydroxylation sites is 1. The summed E-state index contributed by atoms with van der Waals surface area (Å²) in [4.78, 5) is 0.426. The van der Waals surface area contributed by atoms with Crippen LogP contribution in [0.1, 0.15) is 18.5 Å². The number of nitrogens with two attached hydrogens (primary N) is 1. The first-order valence-electron chi connectivity index (χ1n) is 7.22. The van der Waals surface area contributed by atoms with Gasteiger partial charge in [0.2, 0.25) is 10.0 Å². The predicted octanol–water partition coefficient (Wildman–Crippen LogP) is 1.60. The molecule has 2 heterocycles. The second-order valence-electron chi connectivity index (χ2n) is 5.76. The number of piperidine rings is 1. The van der Waals surface area contributed by atoms with Crippen molar-refractivity contribution in [3.05, 3.63) is 30.0 Å². The van der Waals surface area contributed by atoms with Crippen molar-refractivity contribution in [1.29, 1.82) is 0 Å². The molecule has 1 aromatic heterocycles. The molecule has 1 aromatic carbocycles. The van der Waals surface area contributed by atoms with Gasteiger partial charge in [-0.25, -0.2) is 8.42 Å². The maximum absolute atomic E-state index is 13.0. The Kier molecular flexibility index (Phi) is 3.55. The molecule has 1 aliphatic rings. The summed E-state index contributed by atoms with van der Waals surface area (Å²) in [5.74, 6) is 0. The molecule has 5 nitrogen and oxygen atoms in total. The normalized spacial score (nSPS) is 21.0. The van der Waals surface area contributed by atoms with E-state index in [2.05, 4.69) is 0 Å². The molecular formula is C15H21N3O2S. The van der Waals surface area contributed by atoms with Gasteiger partial charge < -0.3 is 10.3 Å². The molecule has 2 aromatic rings. The van der Waals surface area contributed by atoms with Crippen molar-refractivity contribution in [2.24, 2.45) is 12.8 Å². The fraction of sp³-hybridized carbons (Fsp3) is 0.467. The third kappa shape index (κ3) is 2.27. The number of aryl methyl sites for hydroxylation is 1. The number of nitrogens with zero attached hydrogens (tertiary/aromatic N) is 2. The summed E-state index contributed by atoms with van der Waals surface area (Å²) in [6.07, 6.45) is 1.71. The molecule has 1 saturated heterocycles. The molecule has 1 aliphatic heterocycles. The standard InChI is InChI=1S/C15H21N3O2S/c1-11-15(13-7-3-4-8-14(13)17(11)2)21(19,20)18-9-5-6-12(16)10-18/h3-4,7-8,12H,5-6,9-10,16H2,1-2H3/t12-/m1/s1. The summed E-state index contributed by atoms with van der Waals surface area (Å²) < 4.78 is 29.6. The zero-order valence-corrected chi connectivity index (χ0v) is 13.2. The second kappa shape index (κ2) is 5.12. The van der Waals surface area contributed by atoms with E-state index in [1.54, 1.807) is 0 Å². The summed E-state index contributed by atoms with van der Waals surface area (Å²) in [5.41, 5.74) is 7.66. The highest BCUT2D eigenvalue weighted by Crippen LogP contribution is 2.32. The van der Waals surface area contributed by atoms with E-state index in [0.29, 0.717) is 18.0 Å². The Labute approximate surface area is 125 Å². The van der Waals surface area contributed by atoms with Crippen LogP contribution in [0.5, 0.6) is 0 Å². The summed E-state index contributed by atoms with van der Waals surface area (Å²) >= 11 is 0. The maximum atomic E-state index is 13.0. The topological polar surface area (TPSA) is 68.3 Å².